The van der Waals surface area contributed by atoms with Crippen molar-refractivity contribution in [1.82, 2.24) is 15.5 Å². The van der Waals surface area contributed by atoms with Crippen LogP contribution in [0, 0.1) is 5.21 Å². The van der Waals surface area contributed by atoms with Crippen LogP contribution in [-0.2, 0) is 6.18 Å². The summed E-state index contributed by atoms with van der Waals surface area (Å²) in [6, 6.07) is 2.84. The van der Waals surface area contributed by atoms with E-state index in [1.807, 2.05) is 0 Å². The summed E-state index contributed by atoms with van der Waals surface area (Å²) in [7, 11) is 0. The minimum Gasteiger partial charge on any atom is -0.594 e. The summed E-state index contributed by atoms with van der Waals surface area (Å²) < 4.78 is 37.1. The van der Waals surface area contributed by atoms with Crippen LogP contribution in [0.1, 0.15) is 5.56 Å². The molecule has 1 aromatic carbocycles. The molecule has 0 fully saturated rings. The maximum absolute atomic E-state index is 12.4. The van der Waals surface area contributed by atoms with Crippen molar-refractivity contribution < 1.29 is 13.2 Å². The summed E-state index contributed by atoms with van der Waals surface area (Å²) in [4.78, 5) is 0.171. The molecule has 2 rings (SSSR count). The molecule has 3 N–H and O–H groups in total. The second kappa shape index (κ2) is 3.27. The molecule has 0 radical (unpaired) electrons. The van der Waals surface area contributed by atoms with Crippen LogP contribution in [0.4, 0.5) is 13.2 Å². The maximum Gasteiger partial charge on any atom is 0.416 e. The fourth-order valence-electron chi connectivity index (χ4n) is 1.34. The van der Waals surface area contributed by atoms with Gasteiger partial charge in [0.15, 0.2) is 0 Å². The molecule has 1 heterocycles. The van der Waals surface area contributed by atoms with Crippen molar-refractivity contribution >= 4 is 6.20 Å². The average molecular weight is 232 g/mol. The van der Waals surface area contributed by atoms with Gasteiger partial charge in [-0.25, -0.2) is 5.84 Å². The highest BCUT2D eigenvalue weighted by atomic mass is 19.4. The SMILES string of the molecule is NN1C=c2ccc(C(F)(F)F)cc2=[N+]([O-])N1. The molecule has 0 saturated heterocycles. The minimum absolute atomic E-state index is 0.128. The summed E-state index contributed by atoms with van der Waals surface area (Å²) in [5, 5.41) is 12.3. The van der Waals surface area contributed by atoms with Gasteiger partial charge in [-0.05, 0) is 12.1 Å². The molecular weight excluding hydrogens is 225 g/mol. The van der Waals surface area contributed by atoms with E-state index in [0.717, 1.165) is 17.3 Å². The lowest BCUT2D eigenvalue weighted by molar-refractivity contribution is -0.137. The van der Waals surface area contributed by atoms with E-state index in [-0.39, 0.29) is 10.2 Å². The van der Waals surface area contributed by atoms with Crippen molar-refractivity contribution in [3.8, 4) is 0 Å². The van der Waals surface area contributed by atoms with E-state index in [1.165, 1.54) is 12.3 Å². The first-order valence-electron chi connectivity index (χ1n) is 4.21. The molecule has 1 aliphatic heterocycles. The molecule has 1 aromatic rings. The van der Waals surface area contributed by atoms with Crippen molar-refractivity contribution in [3.63, 3.8) is 0 Å². The van der Waals surface area contributed by atoms with Crippen LogP contribution in [0.15, 0.2) is 18.2 Å². The van der Waals surface area contributed by atoms with Gasteiger partial charge >= 0.3 is 6.18 Å². The van der Waals surface area contributed by atoms with Crippen LogP contribution in [0.5, 0.6) is 0 Å². The van der Waals surface area contributed by atoms with E-state index in [0.29, 0.717) is 5.22 Å². The van der Waals surface area contributed by atoms with Crippen LogP contribution in [0.25, 0.3) is 6.20 Å². The fraction of sp³-hybridized carbons (Fsp3) is 0.125. The zero-order valence-electron chi connectivity index (χ0n) is 7.82. The third-order valence-electron chi connectivity index (χ3n) is 2.06. The van der Waals surface area contributed by atoms with Crippen LogP contribution in [0.3, 0.4) is 0 Å². The largest absolute Gasteiger partial charge is 0.594 e. The summed E-state index contributed by atoms with van der Waals surface area (Å²) in [5.74, 6) is 5.27. The van der Waals surface area contributed by atoms with Crippen molar-refractivity contribution in [2.75, 3.05) is 0 Å². The molecule has 0 bridgehead atoms. The molecule has 0 amide bonds. The number of hydrogen-bond acceptors (Lipinski definition) is 4. The van der Waals surface area contributed by atoms with Gasteiger partial charge in [0.1, 0.15) is 0 Å². The number of nitrogens with one attached hydrogen (secondary N) is 1. The molecule has 1 aliphatic rings. The van der Waals surface area contributed by atoms with E-state index in [4.69, 9.17) is 5.84 Å². The van der Waals surface area contributed by atoms with Crippen molar-refractivity contribution in [2.24, 2.45) is 5.84 Å². The number of benzene rings is 1. The zero-order chi connectivity index (χ0) is 11.9. The summed E-state index contributed by atoms with van der Waals surface area (Å²) >= 11 is 0. The highest BCUT2D eigenvalue weighted by Gasteiger charge is 2.31. The Kier molecular flexibility index (Phi) is 2.16. The summed E-state index contributed by atoms with van der Waals surface area (Å²) in [6.07, 6.45) is -3.17. The van der Waals surface area contributed by atoms with Gasteiger partial charge in [0, 0.05) is 6.07 Å². The molecule has 5 nitrogen and oxygen atoms in total. The number of halogens is 3. The van der Waals surface area contributed by atoms with Gasteiger partial charge in [0.25, 0.3) is 5.36 Å². The maximum atomic E-state index is 12.4. The molecule has 0 aromatic heterocycles. The van der Waals surface area contributed by atoms with Crippen LogP contribution >= 0.6 is 0 Å². The Labute approximate surface area is 87.4 Å². The standard InChI is InChI=1S/C8H7F3N4O/c9-8(10,11)6-2-1-5-4-14(12)13-15(16)7(5)3-6/h1-4,13H,12H2. The van der Waals surface area contributed by atoms with Crippen LogP contribution in [-0.4, -0.2) is 5.12 Å². The highest BCUT2D eigenvalue weighted by Crippen LogP contribution is 2.27. The lowest BCUT2D eigenvalue weighted by atomic mass is 10.2. The zero-order valence-corrected chi connectivity index (χ0v) is 7.82. The van der Waals surface area contributed by atoms with Crippen LogP contribution in [0.2, 0.25) is 0 Å². The lowest BCUT2D eigenvalue weighted by Gasteiger charge is -2.17. The van der Waals surface area contributed by atoms with E-state index in [2.05, 4.69) is 5.53 Å². The van der Waals surface area contributed by atoms with E-state index in [9.17, 15) is 18.4 Å². The third-order valence-corrected chi connectivity index (χ3v) is 2.06. The highest BCUT2D eigenvalue weighted by molar-refractivity contribution is 5.27. The second-order valence-electron chi connectivity index (χ2n) is 3.20. The van der Waals surface area contributed by atoms with Gasteiger partial charge in [-0.1, -0.05) is 10.4 Å². The predicted octanol–water partition coefficient (Wildman–Crippen LogP) is -0.959. The Morgan fingerprint density at radius 1 is 1.38 bits per heavy atom. The smallest absolute Gasteiger partial charge is 0.416 e. The lowest BCUT2D eigenvalue weighted by Crippen LogP contribution is -2.58. The second-order valence-corrected chi connectivity index (χ2v) is 3.20. The first kappa shape index (κ1) is 10.6. The summed E-state index contributed by atoms with van der Waals surface area (Å²) in [6.45, 7) is 0. The van der Waals surface area contributed by atoms with Gasteiger partial charge in [0.05, 0.1) is 17.0 Å². The van der Waals surface area contributed by atoms with Crippen molar-refractivity contribution in [3.05, 3.63) is 39.5 Å². The van der Waals surface area contributed by atoms with Gasteiger partial charge < -0.3 is 5.21 Å². The van der Waals surface area contributed by atoms with E-state index < -0.39 is 11.7 Å². The number of fused-ring (bicyclic) bond motifs is 1. The Hall–Kier alpha value is -1.96. The Morgan fingerprint density at radius 2 is 2.06 bits per heavy atom. The van der Waals surface area contributed by atoms with Gasteiger partial charge in [-0.15, -0.1) is 0 Å². The quantitative estimate of drug-likeness (QED) is 0.343. The Balaban J connectivity index is 2.69. The summed E-state index contributed by atoms with van der Waals surface area (Å²) in [5.41, 5.74) is 1.20. The Morgan fingerprint density at radius 3 is 2.69 bits per heavy atom. The number of nitrogens with two attached hydrogens (primary N) is 1. The van der Waals surface area contributed by atoms with Gasteiger partial charge in [0.2, 0.25) is 0 Å². The number of nitrogens with zero attached hydrogens (tertiary/aromatic N) is 2. The molecule has 8 heteroatoms. The van der Waals surface area contributed by atoms with E-state index in [1.54, 1.807) is 0 Å². The molecule has 16 heavy (non-hydrogen) atoms. The third kappa shape index (κ3) is 1.74. The Bertz CT molecular complexity index is 539. The van der Waals surface area contributed by atoms with Crippen molar-refractivity contribution in [2.45, 2.75) is 6.18 Å². The van der Waals surface area contributed by atoms with Gasteiger partial charge in [-0.3, -0.25) is 0 Å². The molecule has 0 aliphatic carbocycles. The van der Waals surface area contributed by atoms with Crippen molar-refractivity contribution in [1.29, 1.82) is 0 Å². The minimum atomic E-state index is -4.48. The fourth-order valence-corrected chi connectivity index (χ4v) is 1.34. The van der Waals surface area contributed by atoms with Gasteiger partial charge in [-0.2, -0.15) is 18.3 Å². The number of hydrazine groups is 3. The monoisotopic (exact) mass is 232 g/mol. The topological polar surface area (TPSA) is 67.4 Å². The first-order valence-corrected chi connectivity index (χ1v) is 4.21. The number of alkyl halides is 3. The molecule has 0 atom stereocenters. The molecule has 0 spiro atoms. The number of rotatable bonds is 0. The first-order chi connectivity index (χ1) is 7.38. The number of hydrogen-bond donors (Lipinski definition) is 2. The van der Waals surface area contributed by atoms with E-state index >= 15 is 0 Å². The molecule has 0 saturated carbocycles. The normalized spacial score (nSPS) is 15.2. The molecule has 0 unspecified atom stereocenters. The average Bonchev–Trinajstić information content (AvgIpc) is 2.15. The molecular formula is C8H7F3N4O. The molecule has 86 valence electrons. The predicted molar refractivity (Wildman–Crippen MR) is 48.9 cm³/mol. The van der Waals surface area contributed by atoms with Crippen LogP contribution < -0.4 is 26.8 Å².